The van der Waals surface area contributed by atoms with Crippen LogP contribution in [0.2, 0.25) is 0 Å². The SMILES string of the molecule is C[C@@H](N)c1ccc(-c2ncc(NC(=O)CC3CCC(CC(=O)C(C)(C)C)CC3)cc2-c2ccccc2)cc1. The van der Waals surface area contributed by atoms with Gasteiger partial charge in [0.05, 0.1) is 17.6 Å². The number of ketones is 1. The summed E-state index contributed by atoms with van der Waals surface area (Å²) in [6, 6.07) is 20.3. The highest BCUT2D eigenvalue weighted by Gasteiger charge is 2.28. The van der Waals surface area contributed by atoms with Gasteiger partial charge in [-0.15, -0.1) is 0 Å². The van der Waals surface area contributed by atoms with Gasteiger partial charge in [-0.2, -0.15) is 0 Å². The van der Waals surface area contributed by atoms with Crippen molar-refractivity contribution in [2.45, 2.75) is 72.3 Å². The van der Waals surface area contributed by atoms with Gasteiger partial charge in [-0.3, -0.25) is 14.6 Å². The van der Waals surface area contributed by atoms with Crippen LogP contribution in [0.4, 0.5) is 5.69 Å². The lowest BCUT2D eigenvalue weighted by Gasteiger charge is -2.29. The minimum absolute atomic E-state index is 0.0223. The van der Waals surface area contributed by atoms with Gasteiger partial charge in [0.15, 0.2) is 0 Å². The number of anilines is 1. The van der Waals surface area contributed by atoms with Crippen molar-refractivity contribution in [1.82, 2.24) is 4.98 Å². The maximum Gasteiger partial charge on any atom is 0.224 e. The van der Waals surface area contributed by atoms with Crippen LogP contribution in [0.3, 0.4) is 0 Å². The summed E-state index contributed by atoms with van der Waals surface area (Å²) in [5, 5.41) is 3.09. The number of pyridine rings is 1. The molecule has 1 aromatic heterocycles. The van der Waals surface area contributed by atoms with E-state index >= 15 is 0 Å². The monoisotopic (exact) mass is 511 g/mol. The largest absolute Gasteiger partial charge is 0.325 e. The Morgan fingerprint density at radius 2 is 1.53 bits per heavy atom. The fourth-order valence-electron chi connectivity index (χ4n) is 5.23. The molecule has 1 amide bonds. The molecule has 1 atom stereocenters. The van der Waals surface area contributed by atoms with Crippen LogP contribution in [-0.2, 0) is 9.59 Å². The molecule has 5 heteroatoms. The molecule has 0 bridgehead atoms. The van der Waals surface area contributed by atoms with E-state index < -0.39 is 0 Å². The smallest absolute Gasteiger partial charge is 0.224 e. The minimum atomic E-state index is -0.272. The number of Topliss-reactive ketones (excluding diaryl/α,β-unsaturated/α-hetero) is 1. The van der Waals surface area contributed by atoms with Crippen molar-refractivity contribution >= 4 is 17.4 Å². The van der Waals surface area contributed by atoms with E-state index in [9.17, 15) is 9.59 Å². The molecule has 0 radical (unpaired) electrons. The molecule has 38 heavy (non-hydrogen) atoms. The molecule has 1 fully saturated rings. The summed E-state index contributed by atoms with van der Waals surface area (Å²) < 4.78 is 0. The summed E-state index contributed by atoms with van der Waals surface area (Å²) in [6.07, 6.45) is 6.95. The Kier molecular flexibility index (Phi) is 8.78. The predicted octanol–water partition coefficient (Wildman–Crippen LogP) is 7.58. The van der Waals surface area contributed by atoms with E-state index in [1.165, 1.54) is 0 Å². The van der Waals surface area contributed by atoms with Gasteiger partial charge in [-0.25, -0.2) is 0 Å². The molecule has 200 valence electrons. The third kappa shape index (κ3) is 7.16. The number of aromatic nitrogens is 1. The second kappa shape index (κ2) is 12.0. The fraction of sp³-hybridized carbons (Fsp3) is 0.424. The average molecular weight is 512 g/mol. The number of rotatable bonds is 8. The molecule has 0 unspecified atom stereocenters. The highest BCUT2D eigenvalue weighted by Crippen LogP contribution is 2.36. The molecule has 1 aliphatic carbocycles. The Bertz CT molecular complexity index is 1240. The zero-order valence-corrected chi connectivity index (χ0v) is 23.2. The summed E-state index contributed by atoms with van der Waals surface area (Å²) >= 11 is 0. The van der Waals surface area contributed by atoms with E-state index in [-0.39, 0.29) is 17.4 Å². The molecular formula is C33H41N3O2. The van der Waals surface area contributed by atoms with Gasteiger partial charge in [0.1, 0.15) is 5.78 Å². The van der Waals surface area contributed by atoms with Gasteiger partial charge >= 0.3 is 0 Å². The van der Waals surface area contributed by atoms with E-state index in [0.717, 1.165) is 53.6 Å². The third-order valence-electron chi connectivity index (χ3n) is 7.72. The topological polar surface area (TPSA) is 85.1 Å². The number of amides is 1. The number of hydrogen-bond donors (Lipinski definition) is 2. The number of benzene rings is 2. The van der Waals surface area contributed by atoms with Crippen LogP contribution in [0.1, 0.15) is 77.8 Å². The highest BCUT2D eigenvalue weighted by molar-refractivity contribution is 5.93. The van der Waals surface area contributed by atoms with Crippen LogP contribution in [0.25, 0.3) is 22.4 Å². The molecule has 4 rings (SSSR count). The van der Waals surface area contributed by atoms with Crippen LogP contribution in [0.15, 0.2) is 66.9 Å². The first kappa shape index (κ1) is 27.7. The molecular weight excluding hydrogens is 470 g/mol. The molecule has 3 aromatic rings. The second-order valence-corrected chi connectivity index (χ2v) is 11.9. The number of carbonyl (C=O) groups is 2. The zero-order valence-electron chi connectivity index (χ0n) is 23.2. The third-order valence-corrected chi connectivity index (χ3v) is 7.72. The van der Waals surface area contributed by atoms with Crippen molar-refractivity contribution in [2.24, 2.45) is 23.0 Å². The Hall–Kier alpha value is -3.31. The van der Waals surface area contributed by atoms with Gasteiger partial charge in [0, 0.05) is 35.4 Å². The van der Waals surface area contributed by atoms with E-state index in [1.54, 1.807) is 6.20 Å². The first-order valence-electron chi connectivity index (χ1n) is 13.8. The second-order valence-electron chi connectivity index (χ2n) is 11.9. The summed E-state index contributed by atoms with van der Waals surface area (Å²) in [5.74, 6) is 1.18. The first-order chi connectivity index (χ1) is 18.1. The molecule has 0 spiro atoms. The van der Waals surface area contributed by atoms with Crippen LogP contribution in [0, 0.1) is 17.3 Å². The summed E-state index contributed by atoms with van der Waals surface area (Å²) in [6.45, 7) is 7.95. The normalized spacial score (nSPS) is 18.6. The van der Waals surface area contributed by atoms with Gasteiger partial charge in [-0.05, 0) is 61.6 Å². The number of nitrogens with two attached hydrogens (primary N) is 1. The quantitative estimate of drug-likeness (QED) is 0.326. The van der Waals surface area contributed by atoms with Gasteiger partial charge in [-0.1, -0.05) is 75.4 Å². The van der Waals surface area contributed by atoms with Gasteiger partial charge in [0.2, 0.25) is 5.91 Å². The van der Waals surface area contributed by atoms with Gasteiger partial charge in [0.25, 0.3) is 0 Å². The van der Waals surface area contributed by atoms with Crippen molar-refractivity contribution in [1.29, 1.82) is 0 Å². The molecule has 0 saturated heterocycles. The first-order valence-corrected chi connectivity index (χ1v) is 13.8. The molecule has 1 aliphatic rings. The van der Waals surface area contributed by atoms with Crippen LogP contribution in [-0.4, -0.2) is 16.7 Å². The highest BCUT2D eigenvalue weighted by atomic mass is 16.1. The molecule has 3 N–H and O–H groups in total. The number of carbonyl (C=O) groups excluding carboxylic acids is 2. The summed E-state index contributed by atoms with van der Waals surface area (Å²) in [5.41, 5.74) is 11.4. The van der Waals surface area contributed by atoms with E-state index in [0.29, 0.717) is 36.1 Å². The molecule has 1 heterocycles. The Morgan fingerprint density at radius 3 is 2.11 bits per heavy atom. The number of nitrogens with zero attached hydrogens (tertiary/aromatic N) is 1. The Labute approximate surface area is 227 Å². The Balaban J connectivity index is 1.43. The number of hydrogen-bond acceptors (Lipinski definition) is 4. The fourth-order valence-corrected chi connectivity index (χ4v) is 5.23. The summed E-state index contributed by atoms with van der Waals surface area (Å²) in [7, 11) is 0. The molecule has 2 aromatic carbocycles. The number of nitrogens with one attached hydrogen (secondary N) is 1. The van der Waals surface area contributed by atoms with Crippen molar-refractivity contribution < 1.29 is 9.59 Å². The van der Waals surface area contributed by atoms with Crippen LogP contribution < -0.4 is 11.1 Å². The van der Waals surface area contributed by atoms with E-state index in [2.05, 4.69) is 29.6 Å². The molecule has 0 aliphatic heterocycles. The van der Waals surface area contributed by atoms with Crippen LogP contribution >= 0.6 is 0 Å². The van der Waals surface area contributed by atoms with Crippen LogP contribution in [0.5, 0.6) is 0 Å². The maximum atomic E-state index is 13.0. The lowest BCUT2D eigenvalue weighted by atomic mass is 9.76. The van der Waals surface area contributed by atoms with Gasteiger partial charge < -0.3 is 11.1 Å². The standard InChI is InChI=1S/C33H41N3O2/c1-22(34)25-14-16-27(17-15-25)32-29(26-8-6-5-7-9-26)20-28(21-35-32)36-31(38)19-24-12-10-23(11-13-24)18-30(37)33(2,3)4/h5-9,14-17,20-24H,10-13,18-19,34H2,1-4H3,(H,36,38)/t22-,23?,24?/m1/s1. The van der Waals surface area contributed by atoms with E-state index in [4.69, 9.17) is 10.7 Å². The van der Waals surface area contributed by atoms with E-state index in [1.807, 2.05) is 64.1 Å². The molecule has 1 saturated carbocycles. The van der Waals surface area contributed by atoms with Crippen molar-refractivity contribution in [3.8, 4) is 22.4 Å². The van der Waals surface area contributed by atoms with Crippen molar-refractivity contribution in [3.05, 3.63) is 72.4 Å². The maximum absolute atomic E-state index is 13.0. The zero-order chi connectivity index (χ0) is 27.3. The Morgan fingerprint density at radius 1 is 0.921 bits per heavy atom. The predicted molar refractivity (Wildman–Crippen MR) is 155 cm³/mol. The van der Waals surface area contributed by atoms with Crippen molar-refractivity contribution in [3.63, 3.8) is 0 Å². The minimum Gasteiger partial charge on any atom is -0.325 e. The molecule has 5 nitrogen and oxygen atoms in total. The van der Waals surface area contributed by atoms with Crippen molar-refractivity contribution in [2.75, 3.05) is 5.32 Å². The lowest BCUT2D eigenvalue weighted by Crippen LogP contribution is -2.26. The average Bonchev–Trinajstić information content (AvgIpc) is 2.90. The summed E-state index contributed by atoms with van der Waals surface area (Å²) in [4.78, 5) is 30.2. The lowest BCUT2D eigenvalue weighted by molar-refractivity contribution is -0.127.